The zero-order valence-electron chi connectivity index (χ0n) is 18.4. The second-order valence-corrected chi connectivity index (χ2v) is 12.8. The number of Topliss-reactive ketones (excluding diaryl/α,β-unsaturated/α-hetero) is 1. The number of carbonyl (C=O) groups excluding carboxylic acids is 1. The first-order valence-electron chi connectivity index (χ1n) is 10.5. The third-order valence-corrected chi connectivity index (χ3v) is 10.6. The van der Waals surface area contributed by atoms with E-state index in [1.165, 1.54) is 24.4 Å². The number of hydrogen-bond acceptors (Lipinski definition) is 7. The first kappa shape index (κ1) is 24.0. The van der Waals surface area contributed by atoms with E-state index in [4.69, 9.17) is 28.9 Å². The van der Waals surface area contributed by atoms with Gasteiger partial charge >= 0.3 is 0 Å². The fourth-order valence-corrected chi connectivity index (χ4v) is 8.17. The van der Waals surface area contributed by atoms with E-state index >= 15 is 4.39 Å². The van der Waals surface area contributed by atoms with Gasteiger partial charge in [0, 0.05) is 18.4 Å². The van der Waals surface area contributed by atoms with Gasteiger partial charge in [0.15, 0.2) is 5.78 Å². The van der Waals surface area contributed by atoms with Crippen LogP contribution in [0.3, 0.4) is 0 Å². The minimum absolute atomic E-state index is 0.00348. The van der Waals surface area contributed by atoms with Gasteiger partial charge in [0.2, 0.25) is 0 Å². The molecule has 33 heavy (non-hydrogen) atoms. The van der Waals surface area contributed by atoms with Gasteiger partial charge in [0.25, 0.3) is 0 Å². The molecule has 2 N–H and O–H groups in total. The molecule has 0 unspecified atom stereocenters. The predicted molar refractivity (Wildman–Crippen MR) is 128 cm³/mol. The second kappa shape index (κ2) is 8.29. The van der Waals surface area contributed by atoms with Crippen LogP contribution in [0.25, 0.3) is 0 Å². The van der Waals surface area contributed by atoms with E-state index in [1.807, 2.05) is 0 Å². The third-order valence-electron chi connectivity index (χ3n) is 6.42. The number of hydrogen-bond donors (Lipinski definition) is 1. The van der Waals surface area contributed by atoms with E-state index < -0.39 is 36.9 Å². The topological polar surface area (TPSA) is 111 Å². The van der Waals surface area contributed by atoms with Crippen molar-refractivity contribution in [1.29, 1.82) is 0 Å². The Balaban J connectivity index is 1.78. The molecule has 0 spiro atoms. The Morgan fingerprint density at radius 1 is 1.30 bits per heavy atom. The smallest absolute Gasteiger partial charge is 0.188 e. The van der Waals surface area contributed by atoms with Gasteiger partial charge in [-0.1, -0.05) is 23.2 Å². The normalized spacial score (nSPS) is 28.4. The zero-order chi connectivity index (χ0) is 24.2. The molecule has 0 radical (unpaired) electrons. The first-order chi connectivity index (χ1) is 15.4. The van der Waals surface area contributed by atoms with E-state index in [0.717, 1.165) is 0 Å². The summed E-state index contributed by atoms with van der Waals surface area (Å²) in [5.74, 6) is -0.854. The summed E-state index contributed by atoms with van der Waals surface area (Å²) in [6.45, 7) is 5.67. The monoisotopic (exact) mass is 511 g/mol. The standard InChI is InChI=1S/C22H24Cl2FN5O2S/c1-21(2)20(26)30-22(3,17-5-4-8-28-33(17,21)32)19-15(25)7-6-13(29-19)10-16(31)18-14(24)9-12(23)11-27-18/h6-7,9,11,17H,4-5,8,10H2,1-3H3,(H2,26,30)/t17-,22+,33+/m1/s1. The highest BCUT2D eigenvalue weighted by atomic mass is 35.5. The molecule has 0 saturated heterocycles. The van der Waals surface area contributed by atoms with Gasteiger partial charge in [0.1, 0.15) is 33.3 Å². The van der Waals surface area contributed by atoms with Crippen LogP contribution in [0.1, 0.15) is 55.5 Å². The minimum Gasteiger partial charge on any atom is -0.386 e. The maximum Gasteiger partial charge on any atom is 0.188 e. The number of nitrogens with zero attached hydrogens (tertiary/aromatic N) is 4. The van der Waals surface area contributed by atoms with E-state index in [0.29, 0.717) is 30.1 Å². The molecule has 0 amide bonds. The Kier molecular flexibility index (Phi) is 6.04. The lowest BCUT2D eigenvalue weighted by molar-refractivity contribution is 0.0987. The molecule has 0 aromatic carbocycles. The average Bonchev–Trinajstić information content (AvgIpc) is 2.74. The third kappa shape index (κ3) is 3.84. The lowest BCUT2D eigenvalue weighted by Gasteiger charge is -2.47. The van der Waals surface area contributed by atoms with Gasteiger partial charge in [0.05, 0.1) is 31.4 Å². The maximum atomic E-state index is 15.1. The summed E-state index contributed by atoms with van der Waals surface area (Å²) in [4.78, 5) is 25.9. The van der Waals surface area contributed by atoms with Gasteiger partial charge in [-0.3, -0.25) is 14.8 Å². The first-order valence-corrected chi connectivity index (χ1v) is 12.8. The van der Waals surface area contributed by atoms with Gasteiger partial charge in [-0.25, -0.2) is 17.9 Å². The van der Waals surface area contributed by atoms with E-state index in [2.05, 4.69) is 19.3 Å². The summed E-state index contributed by atoms with van der Waals surface area (Å²) >= 11 is 12.0. The Labute approximate surface area is 202 Å². The Bertz CT molecular complexity index is 1310. The average molecular weight is 512 g/mol. The van der Waals surface area contributed by atoms with Crippen LogP contribution < -0.4 is 5.73 Å². The molecule has 4 rings (SSSR count). The molecule has 0 aliphatic carbocycles. The number of rotatable bonds is 4. The van der Waals surface area contributed by atoms with Crippen LogP contribution in [0.2, 0.25) is 10.0 Å². The molecule has 3 atom stereocenters. The number of aliphatic imine (C=N–C) groups is 1. The molecular weight excluding hydrogens is 488 g/mol. The van der Waals surface area contributed by atoms with Crippen molar-refractivity contribution in [2.45, 2.75) is 55.6 Å². The number of halogens is 3. The van der Waals surface area contributed by atoms with Gasteiger partial charge in [-0.15, -0.1) is 0 Å². The summed E-state index contributed by atoms with van der Waals surface area (Å²) in [5.41, 5.74) is 5.33. The predicted octanol–water partition coefficient (Wildman–Crippen LogP) is 4.34. The molecular formula is C22H24Cl2FN5O2S. The Morgan fingerprint density at radius 2 is 2.03 bits per heavy atom. The van der Waals surface area contributed by atoms with Crippen LogP contribution >= 0.6 is 23.2 Å². The summed E-state index contributed by atoms with van der Waals surface area (Å²) in [6, 6.07) is 4.09. The number of ketones is 1. The lowest BCUT2D eigenvalue weighted by Crippen LogP contribution is -2.60. The van der Waals surface area contributed by atoms with E-state index in [1.54, 1.807) is 20.8 Å². The molecule has 4 heterocycles. The number of fused-ring (bicyclic) bond motifs is 1. The van der Waals surface area contributed by atoms with Gasteiger partial charge in [-0.05, 0) is 51.8 Å². The van der Waals surface area contributed by atoms with E-state index in [9.17, 15) is 9.00 Å². The van der Waals surface area contributed by atoms with E-state index in [-0.39, 0.29) is 28.7 Å². The van der Waals surface area contributed by atoms with Crippen molar-refractivity contribution >= 4 is 44.5 Å². The molecule has 7 nitrogen and oxygen atoms in total. The molecule has 11 heteroatoms. The molecule has 2 aliphatic rings. The lowest BCUT2D eigenvalue weighted by atomic mass is 9.88. The molecule has 2 aromatic rings. The highest BCUT2D eigenvalue weighted by molar-refractivity contribution is 7.96. The summed E-state index contributed by atoms with van der Waals surface area (Å²) in [6.07, 6.45) is 2.43. The SMILES string of the molecule is CC1(C)C(N)=N[C@](C)(c2nc(CC(=O)c3ncc(Cl)cc3Cl)ccc2F)[C@H]2CCCN=[S@]21=O. The maximum absolute atomic E-state index is 15.1. The number of aromatic nitrogens is 2. The number of nitrogens with two attached hydrogens (primary N) is 1. The van der Waals surface area contributed by atoms with Crippen molar-refractivity contribution in [3.05, 3.63) is 57.3 Å². The summed E-state index contributed by atoms with van der Waals surface area (Å²) in [5, 5.41) is -0.137. The van der Waals surface area contributed by atoms with Crippen molar-refractivity contribution in [2.75, 3.05) is 6.54 Å². The molecule has 2 aliphatic heterocycles. The van der Waals surface area contributed by atoms with Crippen LogP contribution in [-0.2, 0) is 21.7 Å². The fourth-order valence-electron chi connectivity index (χ4n) is 4.45. The summed E-state index contributed by atoms with van der Waals surface area (Å²) < 4.78 is 32.8. The largest absolute Gasteiger partial charge is 0.386 e. The van der Waals surface area contributed by atoms with Crippen molar-refractivity contribution in [3.8, 4) is 0 Å². The van der Waals surface area contributed by atoms with Crippen LogP contribution in [0.15, 0.2) is 33.8 Å². The highest BCUT2D eigenvalue weighted by Gasteiger charge is 2.56. The molecule has 0 saturated carbocycles. The zero-order valence-corrected chi connectivity index (χ0v) is 20.8. The molecule has 0 fully saturated rings. The van der Waals surface area contributed by atoms with Crippen molar-refractivity contribution in [1.82, 2.24) is 9.97 Å². The van der Waals surface area contributed by atoms with Crippen molar-refractivity contribution < 1.29 is 13.4 Å². The van der Waals surface area contributed by atoms with Crippen LogP contribution in [-0.4, -0.2) is 42.3 Å². The Morgan fingerprint density at radius 3 is 2.73 bits per heavy atom. The quantitative estimate of drug-likeness (QED) is 0.613. The minimum atomic E-state index is -2.87. The highest BCUT2D eigenvalue weighted by Crippen LogP contribution is 2.46. The fraction of sp³-hybridized carbons (Fsp3) is 0.455. The Hall–Kier alpha value is -2.10. The molecule has 0 bridgehead atoms. The van der Waals surface area contributed by atoms with Gasteiger partial charge in [-0.2, -0.15) is 0 Å². The molecule has 176 valence electrons. The summed E-state index contributed by atoms with van der Waals surface area (Å²) in [7, 11) is -2.87. The van der Waals surface area contributed by atoms with Crippen molar-refractivity contribution in [2.24, 2.45) is 15.1 Å². The number of carbonyl (C=O) groups is 1. The molecule has 2 aromatic heterocycles. The number of amidine groups is 1. The van der Waals surface area contributed by atoms with Crippen LogP contribution in [0, 0.1) is 5.82 Å². The van der Waals surface area contributed by atoms with Crippen LogP contribution in [0.5, 0.6) is 0 Å². The van der Waals surface area contributed by atoms with Crippen molar-refractivity contribution in [3.63, 3.8) is 0 Å². The number of pyridine rings is 2. The van der Waals surface area contributed by atoms with Gasteiger partial charge < -0.3 is 5.73 Å². The second-order valence-electron chi connectivity index (χ2n) is 8.92. The van der Waals surface area contributed by atoms with Crippen LogP contribution in [0.4, 0.5) is 4.39 Å².